The van der Waals surface area contributed by atoms with Gasteiger partial charge in [-0.1, -0.05) is 24.2 Å². The molecule has 8 nitrogen and oxygen atoms in total. The van der Waals surface area contributed by atoms with Gasteiger partial charge in [-0.3, -0.25) is 14.5 Å². The minimum atomic E-state index is -1.10. The SMILES string of the molecule is CC[C@]1(C(=O)O)C[C@@H](C(=O)NCc2ccon2)[C@@H](c2ccc(OC)cc2)N1C. The summed E-state index contributed by atoms with van der Waals surface area (Å²) < 4.78 is 9.99. The van der Waals surface area contributed by atoms with Crippen LogP contribution in [0.3, 0.4) is 0 Å². The number of aromatic nitrogens is 1. The third-order valence-corrected chi connectivity index (χ3v) is 5.74. The van der Waals surface area contributed by atoms with Crippen molar-refractivity contribution in [3.05, 3.63) is 47.9 Å². The summed E-state index contributed by atoms with van der Waals surface area (Å²) in [4.78, 5) is 27.0. The van der Waals surface area contributed by atoms with Gasteiger partial charge in [-0.05, 0) is 37.6 Å². The molecule has 0 aliphatic carbocycles. The normalized spacial score (nSPS) is 24.8. The topological polar surface area (TPSA) is 105 Å². The summed E-state index contributed by atoms with van der Waals surface area (Å²) in [7, 11) is 3.36. The molecule has 2 heterocycles. The molecule has 0 saturated carbocycles. The Morgan fingerprint density at radius 3 is 2.61 bits per heavy atom. The number of aliphatic carboxylic acids is 1. The minimum absolute atomic E-state index is 0.202. The van der Waals surface area contributed by atoms with Crippen LogP contribution in [-0.2, 0) is 16.1 Å². The lowest BCUT2D eigenvalue weighted by Gasteiger charge is -2.34. The lowest BCUT2D eigenvalue weighted by atomic mass is 9.87. The second-order valence-corrected chi connectivity index (χ2v) is 7.04. The van der Waals surface area contributed by atoms with Crippen LogP contribution in [0.25, 0.3) is 0 Å². The Labute approximate surface area is 163 Å². The molecule has 0 bridgehead atoms. The molecule has 1 saturated heterocycles. The molecule has 0 unspecified atom stereocenters. The number of ether oxygens (including phenoxy) is 1. The van der Waals surface area contributed by atoms with Crippen molar-refractivity contribution in [3.8, 4) is 5.75 Å². The maximum atomic E-state index is 13.0. The van der Waals surface area contributed by atoms with Gasteiger partial charge in [0.15, 0.2) is 0 Å². The smallest absolute Gasteiger partial charge is 0.324 e. The monoisotopic (exact) mass is 387 g/mol. The van der Waals surface area contributed by atoms with Crippen molar-refractivity contribution in [1.29, 1.82) is 0 Å². The molecule has 0 spiro atoms. The van der Waals surface area contributed by atoms with Crippen LogP contribution in [0.4, 0.5) is 0 Å². The quantitative estimate of drug-likeness (QED) is 0.750. The zero-order valence-electron chi connectivity index (χ0n) is 16.2. The van der Waals surface area contributed by atoms with E-state index in [2.05, 4.69) is 10.5 Å². The second kappa shape index (κ2) is 8.02. The Bertz CT molecular complexity index is 821. The average molecular weight is 387 g/mol. The van der Waals surface area contributed by atoms with Gasteiger partial charge in [0.2, 0.25) is 5.91 Å². The van der Waals surface area contributed by atoms with Crippen molar-refractivity contribution in [2.45, 2.75) is 37.9 Å². The van der Waals surface area contributed by atoms with Gasteiger partial charge in [0.25, 0.3) is 0 Å². The van der Waals surface area contributed by atoms with Crippen LogP contribution in [0.2, 0.25) is 0 Å². The molecule has 2 aromatic rings. The minimum Gasteiger partial charge on any atom is -0.497 e. The van der Waals surface area contributed by atoms with Crippen molar-refractivity contribution in [2.24, 2.45) is 5.92 Å². The number of carboxylic acid groups (broad SMARTS) is 1. The van der Waals surface area contributed by atoms with E-state index >= 15 is 0 Å². The first-order chi connectivity index (χ1) is 13.4. The van der Waals surface area contributed by atoms with Gasteiger partial charge in [-0.15, -0.1) is 0 Å². The van der Waals surface area contributed by atoms with E-state index in [9.17, 15) is 14.7 Å². The van der Waals surface area contributed by atoms with Gasteiger partial charge in [0.1, 0.15) is 23.2 Å². The number of methoxy groups -OCH3 is 1. The number of hydrogen-bond donors (Lipinski definition) is 2. The molecule has 1 fully saturated rings. The first kappa shape index (κ1) is 19.9. The van der Waals surface area contributed by atoms with Gasteiger partial charge in [-0.2, -0.15) is 0 Å². The van der Waals surface area contributed by atoms with E-state index in [-0.39, 0.29) is 24.9 Å². The summed E-state index contributed by atoms with van der Waals surface area (Å²) in [5, 5.41) is 16.6. The van der Waals surface area contributed by atoms with Gasteiger partial charge < -0.3 is 19.7 Å². The number of carboxylic acids is 1. The number of amides is 1. The van der Waals surface area contributed by atoms with Gasteiger partial charge in [0.05, 0.1) is 19.6 Å². The Hall–Kier alpha value is -2.87. The number of nitrogens with one attached hydrogen (secondary N) is 1. The fourth-order valence-electron chi connectivity index (χ4n) is 4.07. The molecule has 3 atom stereocenters. The first-order valence-electron chi connectivity index (χ1n) is 9.20. The summed E-state index contributed by atoms with van der Waals surface area (Å²) in [5.41, 5.74) is 0.391. The second-order valence-electron chi connectivity index (χ2n) is 7.04. The molecule has 0 radical (unpaired) electrons. The zero-order valence-corrected chi connectivity index (χ0v) is 16.2. The molecule has 3 rings (SSSR count). The lowest BCUT2D eigenvalue weighted by molar-refractivity contribution is -0.150. The van der Waals surface area contributed by atoms with Gasteiger partial charge >= 0.3 is 5.97 Å². The van der Waals surface area contributed by atoms with E-state index in [0.29, 0.717) is 17.9 Å². The number of likely N-dealkylation sites (tertiary alicyclic amines) is 1. The van der Waals surface area contributed by atoms with Crippen LogP contribution < -0.4 is 10.1 Å². The van der Waals surface area contributed by atoms with Crippen LogP contribution in [-0.4, -0.2) is 46.7 Å². The average Bonchev–Trinajstić information content (AvgIpc) is 3.32. The molecule has 2 N–H and O–H groups in total. The fraction of sp³-hybridized carbons (Fsp3) is 0.450. The highest BCUT2D eigenvalue weighted by Crippen LogP contribution is 2.47. The van der Waals surface area contributed by atoms with E-state index in [1.807, 2.05) is 36.1 Å². The molecule has 1 aromatic heterocycles. The third kappa shape index (κ3) is 3.47. The zero-order chi connectivity index (χ0) is 20.3. The van der Waals surface area contributed by atoms with Crippen LogP contribution in [0.5, 0.6) is 5.75 Å². The first-order valence-corrected chi connectivity index (χ1v) is 9.20. The number of hydrogen-bond acceptors (Lipinski definition) is 6. The summed E-state index contributed by atoms with van der Waals surface area (Å²) in [5.74, 6) is -0.923. The Morgan fingerprint density at radius 2 is 2.07 bits per heavy atom. The van der Waals surface area contributed by atoms with Crippen LogP contribution >= 0.6 is 0 Å². The van der Waals surface area contributed by atoms with E-state index in [1.54, 1.807) is 20.2 Å². The van der Waals surface area contributed by atoms with E-state index < -0.39 is 17.4 Å². The lowest BCUT2D eigenvalue weighted by Crippen LogP contribution is -2.48. The number of carbonyl (C=O) groups excluding carboxylic acids is 1. The van der Waals surface area contributed by atoms with Crippen molar-refractivity contribution in [1.82, 2.24) is 15.4 Å². The predicted octanol–water partition coefficient (Wildman–Crippen LogP) is 2.23. The number of carbonyl (C=O) groups is 2. The largest absolute Gasteiger partial charge is 0.497 e. The summed E-state index contributed by atoms with van der Waals surface area (Å²) in [6, 6.07) is 8.71. The number of nitrogens with zero attached hydrogens (tertiary/aromatic N) is 2. The predicted molar refractivity (Wildman–Crippen MR) is 101 cm³/mol. The van der Waals surface area contributed by atoms with Gasteiger partial charge in [-0.25, -0.2) is 0 Å². The van der Waals surface area contributed by atoms with E-state index in [4.69, 9.17) is 9.26 Å². The van der Waals surface area contributed by atoms with E-state index in [0.717, 1.165) is 5.56 Å². The van der Waals surface area contributed by atoms with Crippen molar-refractivity contribution < 1.29 is 24.0 Å². The van der Waals surface area contributed by atoms with E-state index in [1.165, 1.54) is 6.26 Å². The molecule has 8 heteroatoms. The molecule has 150 valence electrons. The highest BCUT2D eigenvalue weighted by atomic mass is 16.5. The number of benzene rings is 1. The number of rotatable bonds is 7. The molecular weight excluding hydrogens is 362 g/mol. The summed E-state index contributed by atoms with van der Waals surface area (Å²) >= 11 is 0. The van der Waals surface area contributed by atoms with Crippen molar-refractivity contribution in [3.63, 3.8) is 0 Å². The molecule has 1 amide bonds. The van der Waals surface area contributed by atoms with Crippen LogP contribution in [0.15, 0.2) is 41.1 Å². The Morgan fingerprint density at radius 1 is 1.36 bits per heavy atom. The Balaban J connectivity index is 1.90. The van der Waals surface area contributed by atoms with Gasteiger partial charge in [0, 0.05) is 12.1 Å². The van der Waals surface area contributed by atoms with Crippen molar-refractivity contribution >= 4 is 11.9 Å². The molecular formula is C20H25N3O5. The summed E-state index contributed by atoms with van der Waals surface area (Å²) in [6.07, 6.45) is 2.08. The molecule has 28 heavy (non-hydrogen) atoms. The van der Waals surface area contributed by atoms with Crippen molar-refractivity contribution in [2.75, 3.05) is 14.2 Å². The van der Waals surface area contributed by atoms with Crippen LogP contribution in [0, 0.1) is 5.92 Å². The summed E-state index contributed by atoms with van der Waals surface area (Å²) in [6.45, 7) is 2.07. The number of likely N-dealkylation sites (N-methyl/N-ethyl adjacent to an activating group) is 1. The highest BCUT2D eigenvalue weighted by molar-refractivity contribution is 5.85. The maximum Gasteiger partial charge on any atom is 0.324 e. The molecule has 1 aliphatic heterocycles. The highest BCUT2D eigenvalue weighted by Gasteiger charge is 2.56. The third-order valence-electron chi connectivity index (χ3n) is 5.74. The maximum absolute atomic E-state index is 13.0. The molecule has 1 aliphatic rings. The molecule has 1 aromatic carbocycles. The standard InChI is InChI=1S/C20H25N3O5/c1-4-20(19(25)26)11-16(18(24)21-12-14-9-10-28-22-14)17(23(20)2)13-5-7-15(27-3)8-6-13/h5-10,16-17H,4,11-12H2,1-3H3,(H,21,24)(H,25,26)/t16-,17-,20-/m1/s1. The fourth-order valence-corrected chi connectivity index (χ4v) is 4.07. The Kier molecular flexibility index (Phi) is 5.69. The van der Waals surface area contributed by atoms with Crippen LogP contribution in [0.1, 0.15) is 37.1 Å².